The molecular weight excluding hydrogens is 284 g/mol. The van der Waals surface area contributed by atoms with E-state index in [9.17, 15) is 4.79 Å². The molecule has 0 saturated carbocycles. The summed E-state index contributed by atoms with van der Waals surface area (Å²) in [5.41, 5.74) is 1.27. The summed E-state index contributed by atoms with van der Waals surface area (Å²) in [6.07, 6.45) is 8.44. The normalized spacial score (nSPS) is 18.2. The van der Waals surface area contributed by atoms with Gasteiger partial charge in [0.25, 0.3) is 0 Å². The van der Waals surface area contributed by atoms with Crippen LogP contribution in [0, 0.1) is 12.3 Å². The summed E-state index contributed by atoms with van der Waals surface area (Å²) in [6.45, 7) is 1.56. The number of nitrogens with one attached hydrogen (secondary N) is 1. The first-order chi connectivity index (χ1) is 10.7. The number of aromatic nitrogens is 4. The van der Waals surface area contributed by atoms with Gasteiger partial charge in [-0.1, -0.05) is 5.92 Å². The topological polar surface area (TPSA) is 87.2 Å². The van der Waals surface area contributed by atoms with Gasteiger partial charge in [-0.3, -0.25) is 4.79 Å². The third kappa shape index (κ3) is 2.58. The number of likely N-dealkylation sites (N-methyl/N-ethyl adjacent to an activating group) is 1. The average molecular weight is 300 g/mol. The Morgan fingerprint density at radius 3 is 3.27 bits per heavy atom. The van der Waals surface area contributed by atoms with Gasteiger partial charge in [-0.2, -0.15) is 0 Å². The van der Waals surface area contributed by atoms with Crippen LogP contribution in [0.15, 0.2) is 12.7 Å². The fourth-order valence-corrected chi connectivity index (χ4v) is 2.45. The van der Waals surface area contributed by atoms with Crippen LogP contribution in [0.5, 0.6) is 0 Å². The molecule has 1 atom stereocenters. The summed E-state index contributed by atoms with van der Waals surface area (Å²) in [4.78, 5) is 31.3. The number of carbonyl (C=O) groups is 1. The maximum atomic E-state index is 12.5. The number of terminal acetylenes is 1. The molecule has 0 bridgehead atoms. The molecule has 8 heteroatoms. The number of imidazole rings is 1. The number of nitrogens with zero attached hydrogens (tertiary/aromatic N) is 5. The molecule has 1 saturated heterocycles. The molecule has 1 aliphatic rings. The van der Waals surface area contributed by atoms with Crippen LogP contribution in [0.1, 0.15) is 0 Å². The SMILES string of the molecule is C#CC1COCCN1C(=O)CN(C)c1ncnc2nc[nH]c12. The number of hydrogen-bond acceptors (Lipinski definition) is 6. The van der Waals surface area contributed by atoms with Crippen LogP contribution in [-0.2, 0) is 9.53 Å². The van der Waals surface area contributed by atoms with E-state index < -0.39 is 0 Å². The molecule has 2 aromatic rings. The maximum absolute atomic E-state index is 12.5. The second kappa shape index (κ2) is 5.99. The molecule has 1 fully saturated rings. The zero-order chi connectivity index (χ0) is 15.5. The van der Waals surface area contributed by atoms with E-state index in [2.05, 4.69) is 25.9 Å². The Kier molecular flexibility index (Phi) is 3.89. The lowest BCUT2D eigenvalue weighted by Gasteiger charge is -2.33. The van der Waals surface area contributed by atoms with E-state index in [1.807, 2.05) is 0 Å². The number of amides is 1. The number of morpholine rings is 1. The molecule has 1 unspecified atom stereocenters. The van der Waals surface area contributed by atoms with Gasteiger partial charge in [0, 0.05) is 13.6 Å². The lowest BCUT2D eigenvalue weighted by Crippen LogP contribution is -2.51. The largest absolute Gasteiger partial charge is 0.376 e. The summed E-state index contributed by atoms with van der Waals surface area (Å²) >= 11 is 0. The molecule has 8 nitrogen and oxygen atoms in total. The predicted octanol–water partition coefficient (Wildman–Crippen LogP) is -0.350. The highest BCUT2D eigenvalue weighted by atomic mass is 16.5. The number of ether oxygens (including phenoxy) is 1. The Morgan fingerprint density at radius 2 is 2.45 bits per heavy atom. The van der Waals surface area contributed by atoms with Crippen molar-refractivity contribution in [3.05, 3.63) is 12.7 Å². The molecule has 0 aliphatic carbocycles. The summed E-state index contributed by atoms with van der Waals surface area (Å²) in [5.74, 6) is 3.16. The molecule has 3 heterocycles. The minimum Gasteiger partial charge on any atom is -0.376 e. The van der Waals surface area contributed by atoms with E-state index >= 15 is 0 Å². The Hall–Kier alpha value is -2.66. The third-order valence-electron chi connectivity index (χ3n) is 3.58. The number of H-pyrrole nitrogens is 1. The molecule has 0 aromatic carbocycles. The first-order valence-electron chi connectivity index (χ1n) is 6.89. The second-order valence-electron chi connectivity index (χ2n) is 5.00. The summed E-state index contributed by atoms with van der Waals surface area (Å²) in [7, 11) is 1.80. The smallest absolute Gasteiger partial charge is 0.243 e. The van der Waals surface area contributed by atoms with Crippen molar-refractivity contribution in [2.45, 2.75) is 6.04 Å². The van der Waals surface area contributed by atoms with Gasteiger partial charge in [0.2, 0.25) is 5.91 Å². The number of rotatable bonds is 3. The molecule has 1 N–H and O–H groups in total. The molecule has 1 amide bonds. The van der Waals surface area contributed by atoms with Gasteiger partial charge >= 0.3 is 0 Å². The Morgan fingerprint density at radius 1 is 1.59 bits per heavy atom. The highest BCUT2D eigenvalue weighted by Gasteiger charge is 2.27. The molecule has 114 valence electrons. The second-order valence-corrected chi connectivity index (χ2v) is 5.00. The van der Waals surface area contributed by atoms with Crippen LogP contribution in [0.25, 0.3) is 11.2 Å². The van der Waals surface area contributed by atoms with Crippen molar-refractivity contribution in [1.82, 2.24) is 24.8 Å². The van der Waals surface area contributed by atoms with Gasteiger partial charge in [0.05, 0.1) is 26.1 Å². The highest BCUT2D eigenvalue weighted by Crippen LogP contribution is 2.18. The zero-order valence-electron chi connectivity index (χ0n) is 12.2. The van der Waals surface area contributed by atoms with E-state index in [1.54, 1.807) is 23.2 Å². The summed E-state index contributed by atoms with van der Waals surface area (Å²) < 4.78 is 5.31. The highest BCUT2D eigenvalue weighted by molar-refractivity contribution is 5.87. The first kappa shape index (κ1) is 14.3. The van der Waals surface area contributed by atoms with Crippen LogP contribution in [0.3, 0.4) is 0 Å². The van der Waals surface area contributed by atoms with E-state index in [-0.39, 0.29) is 18.5 Å². The fraction of sp³-hybridized carbons (Fsp3) is 0.429. The lowest BCUT2D eigenvalue weighted by molar-refractivity contribution is -0.136. The minimum atomic E-state index is -0.313. The van der Waals surface area contributed by atoms with Crippen LogP contribution < -0.4 is 4.90 Å². The van der Waals surface area contributed by atoms with Crippen LogP contribution in [0.2, 0.25) is 0 Å². The van der Waals surface area contributed by atoms with Crippen molar-refractivity contribution in [1.29, 1.82) is 0 Å². The van der Waals surface area contributed by atoms with Gasteiger partial charge < -0.3 is 19.5 Å². The van der Waals surface area contributed by atoms with Gasteiger partial charge in [-0.25, -0.2) is 15.0 Å². The number of anilines is 1. The standard InChI is InChI=1S/C14H16N6O2/c1-3-10-7-22-5-4-20(10)11(21)6-19(2)14-12-13(16-8-15-12)17-9-18-14/h1,8-10H,4-7H2,2H3,(H,15,16,17,18). The van der Waals surface area contributed by atoms with Crippen molar-refractivity contribution < 1.29 is 9.53 Å². The number of hydrogen-bond donors (Lipinski definition) is 1. The fourth-order valence-electron chi connectivity index (χ4n) is 2.45. The quantitative estimate of drug-likeness (QED) is 0.780. The van der Waals surface area contributed by atoms with E-state index in [0.717, 1.165) is 0 Å². The Bertz CT molecular complexity index is 721. The van der Waals surface area contributed by atoms with Crippen molar-refractivity contribution in [3.63, 3.8) is 0 Å². The van der Waals surface area contributed by atoms with Crippen molar-refractivity contribution in [2.24, 2.45) is 0 Å². The molecular formula is C14H16N6O2. The first-order valence-corrected chi connectivity index (χ1v) is 6.89. The van der Waals surface area contributed by atoms with Gasteiger partial charge in [-0.15, -0.1) is 6.42 Å². The Labute approximate surface area is 127 Å². The predicted molar refractivity (Wildman–Crippen MR) is 80.1 cm³/mol. The number of fused-ring (bicyclic) bond motifs is 1. The van der Waals surface area contributed by atoms with Crippen molar-refractivity contribution in [3.8, 4) is 12.3 Å². The van der Waals surface area contributed by atoms with E-state index in [1.165, 1.54) is 6.33 Å². The maximum Gasteiger partial charge on any atom is 0.243 e. The summed E-state index contributed by atoms with van der Waals surface area (Å²) in [6, 6.07) is -0.313. The molecule has 2 aromatic heterocycles. The zero-order valence-corrected chi connectivity index (χ0v) is 12.2. The van der Waals surface area contributed by atoms with E-state index in [4.69, 9.17) is 11.2 Å². The van der Waals surface area contributed by atoms with Gasteiger partial charge in [-0.05, 0) is 0 Å². The van der Waals surface area contributed by atoms with E-state index in [0.29, 0.717) is 36.7 Å². The van der Waals surface area contributed by atoms with Crippen LogP contribution in [0.4, 0.5) is 5.82 Å². The van der Waals surface area contributed by atoms with Crippen molar-refractivity contribution >= 4 is 22.9 Å². The number of carbonyl (C=O) groups excluding carboxylic acids is 1. The van der Waals surface area contributed by atoms with Crippen LogP contribution in [-0.4, -0.2) is 70.1 Å². The monoisotopic (exact) mass is 300 g/mol. The van der Waals surface area contributed by atoms with Gasteiger partial charge in [0.1, 0.15) is 17.9 Å². The van der Waals surface area contributed by atoms with Crippen molar-refractivity contribution in [2.75, 3.05) is 38.3 Å². The average Bonchev–Trinajstić information content (AvgIpc) is 3.03. The summed E-state index contributed by atoms with van der Waals surface area (Å²) in [5, 5.41) is 0. The van der Waals surface area contributed by atoms with Gasteiger partial charge in [0.15, 0.2) is 11.5 Å². The Balaban J connectivity index is 1.76. The third-order valence-corrected chi connectivity index (χ3v) is 3.58. The molecule has 0 radical (unpaired) electrons. The molecule has 0 spiro atoms. The number of aromatic amines is 1. The molecule has 1 aliphatic heterocycles. The minimum absolute atomic E-state index is 0.0555. The molecule has 22 heavy (non-hydrogen) atoms. The molecule has 3 rings (SSSR count). The van der Waals surface area contributed by atoms with Crippen LogP contribution >= 0.6 is 0 Å². The lowest BCUT2D eigenvalue weighted by atomic mass is 10.2.